The van der Waals surface area contributed by atoms with Gasteiger partial charge in [0, 0.05) is 18.5 Å². The fraction of sp³-hybridized carbons (Fsp3) is 0.455. The van der Waals surface area contributed by atoms with Crippen LogP contribution in [0.2, 0.25) is 0 Å². The summed E-state index contributed by atoms with van der Waals surface area (Å²) >= 11 is 4.89. The van der Waals surface area contributed by atoms with Crippen molar-refractivity contribution < 1.29 is 0 Å². The monoisotopic (exact) mass is 327 g/mol. The van der Waals surface area contributed by atoms with Crippen molar-refractivity contribution in [2.24, 2.45) is 7.05 Å². The number of rotatable bonds is 2. The van der Waals surface area contributed by atoms with Crippen LogP contribution in [-0.4, -0.2) is 24.7 Å². The molecule has 2 heterocycles. The van der Waals surface area contributed by atoms with E-state index >= 15 is 0 Å². The zero-order chi connectivity index (χ0) is 13.3. The van der Waals surface area contributed by atoms with E-state index in [2.05, 4.69) is 56.8 Å². The molecule has 0 atom stereocenters. The third-order valence-electron chi connectivity index (χ3n) is 2.21. The fourth-order valence-electron chi connectivity index (χ4n) is 1.26. The molecule has 18 heavy (non-hydrogen) atoms. The summed E-state index contributed by atoms with van der Waals surface area (Å²) < 4.78 is 2.50. The Bertz CT molecular complexity index is 561. The van der Waals surface area contributed by atoms with Crippen molar-refractivity contribution in [1.82, 2.24) is 24.7 Å². The summed E-state index contributed by atoms with van der Waals surface area (Å²) in [5.41, 5.74) is -0.0843. The van der Waals surface area contributed by atoms with Gasteiger partial charge in [-0.2, -0.15) is 5.10 Å². The van der Waals surface area contributed by atoms with Gasteiger partial charge in [0.1, 0.15) is 21.8 Å². The molecule has 0 spiro atoms. The Morgan fingerprint density at radius 3 is 2.56 bits per heavy atom. The van der Waals surface area contributed by atoms with Crippen molar-refractivity contribution in [2.75, 3.05) is 0 Å². The third-order valence-corrected chi connectivity index (χ3v) is 3.58. The van der Waals surface area contributed by atoms with Crippen LogP contribution < -0.4 is 0 Å². The van der Waals surface area contributed by atoms with E-state index in [9.17, 15) is 0 Å². The number of aryl methyl sites for hydroxylation is 1. The Balaban J connectivity index is 2.35. The first-order valence-corrected chi connectivity index (χ1v) is 7.04. The van der Waals surface area contributed by atoms with E-state index in [1.165, 1.54) is 18.1 Å². The van der Waals surface area contributed by atoms with Crippen LogP contribution in [0.5, 0.6) is 0 Å². The lowest BCUT2D eigenvalue weighted by molar-refractivity contribution is 0.536. The van der Waals surface area contributed by atoms with Gasteiger partial charge in [-0.1, -0.05) is 20.8 Å². The molecule has 0 aromatic carbocycles. The highest BCUT2D eigenvalue weighted by atomic mass is 79.9. The van der Waals surface area contributed by atoms with Crippen LogP contribution >= 0.6 is 27.7 Å². The highest BCUT2D eigenvalue weighted by Gasteiger charge is 2.19. The first kappa shape index (κ1) is 13.5. The van der Waals surface area contributed by atoms with E-state index in [4.69, 9.17) is 0 Å². The second-order valence-corrected chi connectivity index (χ2v) is 6.67. The molecule has 0 saturated carbocycles. The normalized spacial score (nSPS) is 11.8. The second-order valence-electron chi connectivity index (χ2n) is 4.87. The number of hydrogen-bond donors (Lipinski definition) is 0. The highest BCUT2D eigenvalue weighted by molar-refractivity contribution is 9.10. The smallest absolute Gasteiger partial charge is 0.192 e. The molecule has 5 nitrogen and oxygen atoms in total. The van der Waals surface area contributed by atoms with Crippen LogP contribution in [-0.2, 0) is 12.5 Å². The van der Waals surface area contributed by atoms with Crippen LogP contribution in [0, 0.1) is 0 Å². The zero-order valence-electron chi connectivity index (χ0n) is 10.7. The maximum absolute atomic E-state index is 4.56. The number of nitrogens with zero attached hydrogens (tertiary/aromatic N) is 5. The molecule has 0 aliphatic carbocycles. The molecule has 2 aromatic rings. The Morgan fingerprint density at radius 1 is 1.28 bits per heavy atom. The van der Waals surface area contributed by atoms with Crippen LogP contribution in [0.15, 0.2) is 27.2 Å². The standard InChI is InChI=1S/C11H14BrN5S/c1-11(2,3)9-15-7(12)5-8(16-9)18-10-13-6-14-17(10)4/h5-6H,1-4H3. The number of aromatic nitrogens is 5. The predicted molar refractivity (Wildman–Crippen MR) is 73.6 cm³/mol. The van der Waals surface area contributed by atoms with E-state index in [0.29, 0.717) is 0 Å². The molecule has 0 fully saturated rings. The first-order valence-electron chi connectivity index (χ1n) is 5.43. The minimum Gasteiger partial charge on any atom is -0.244 e. The molecule has 0 aliphatic rings. The molecule has 0 radical (unpaired) electrons. The summed E-state index contributed by atoms with van der Waals surface area (Å²) in [5.74, 6) is 0.807. The number of halogens is 1. The molecule has 0 bridgehead atoms. The van der Waals surface area contributed by atoms with Gasteiger partial charge in [-0.15, -0.1) is 0 Å². The minimum atomic E-state index is -0.0843. The lowest BCUT2D eigenvalue weighted by atomic mass is 9.96. The van der Waals surface area contributed by atoms with Crippen LogP contribution in [0.3, 0.4) is 0 Å². The molecule has 0 aliphatic heterocycles. The zero-order valence-corrected chi connectivity index (χ0v) is 13.1. The summed E-state index contributed by atoms with van der Waals surface area (Å²) in [6.07, 6.45) is 1.53. The van der Waals surface area contributed by atoms with Crippen LogP contribution in [0.25, 0.3) is 0 Å². The van der Waals surface area contributed by atoms with Crippen LogP contribution in [0.1, 0.15) is 26.6 Å². The largest absolute Gasteiger partial charge is 0.244 e. The number of hydrogen-bond acceptors (Lipinski definition) is 5. The summed E-state index contributed by atoms with van der Waals surface area (Å²) in [4.78, 5) is 13.1. The molecule has 2 rings (SSSR count). The van der Waals surface area contributed by atoms with Gasteiger partial charge in [0.25, 0.3) is 0 Å². The fourth-order valence-corrected chi connectivity index (χ4v) is 2.56. The molecular formula is C11H14BrN5S. The van der Waals surface area contributed by atoms with Gasteiger partial charge in [0.2, 0.25) is 0 Å². The molecule has 0 N–H and O–H groups in total. The Kier molecular flexibility index (Phi) is 3.72. The third kappa shape index (κ3) is 3.08. The van der Waals surface area contributed by atoms with E-state index in [1.807, 2.05) is 13.1 Å². The van der Waals surface area contributed by atoms with Crippen molar-refractivity contribution >= 4 is 27.7 Å². The Labute approximate surface area is 119 Å². The van der Waals surface area contributed by atoms with Crippen molar-refractivity contribution in [1.29, 1.82) is 0 Å². The van der Waals surface area contributed by atoms with Crippen molar-refractivity contribution in [3.8, 4) is 0 Å². The van der Waals surface area contributed by atoms with Crippen molar-refractivity contribution in [3.05, 3.63) is 22.8 Å². The van der Waals surface area contributed by atoms with Gasteiger partial charge >= 0.3 is 0 Å². The van der Waals surface area contributed by atoms with E-state index < -0.39 is 0 Å². The molecule has 7 heteroatoms. The Morgan fingerprint density at radius 2 is 2.00 bits per heavy atom. The quantitative estimate of drug-likeness (QED) is 0.794. The van der Waals surface area contributed by atoms with Crippen molar-refractivity contribution in [3.63, 3.8) is 0 Å². The molecule has 2 aromatic heterocycles. The molecule has 0 unspecified atom stereocenters. The topological polar surface area (TPSA) is 56.5 Å². The van der Waals surface area contributed by atoms with Crippen LogP contribution in [0.4, 0.5) is 0 Å². The average molecular weight is 328 g/mol. The van der Waals surface area contributed by atoms with Gasteiger partial charge in [0.05, 0.1) is 0 Å². The SMILES string of the molecule is Cn1ncnc1Sc1cc(Br)nc(C(C)(C)C)n1. The summed E-state index contributed by atoms with van der Waals surface area (Å²) in [6.45, 7) is 6.27. The lowest BCUT2D eigenvalue weighted by Crippen LogP contribution is -2.16. The van der Waals surface area contributed by atoms with Gasteiger partial charge in [-0.05, 0) is 27.7 Å². The minimum absolute atomic E-state index is 0.0843. The summed E-state index contributed by atoms with van der Waals surface area (Å²) in [7, 11) is 1.86. The summed E-state index contributed by atoms with van der Waals surface area (Å²) in [5, 5.41) is 5.70. The average Bonchev–Trinajstić information content (AvgIpc) is 2.62. The maximum atomic E-state index is 4.56. The molecule has 96 valence electrons. The van der Waals surface area contributed by atoms with Crippen molar-refractivity contribution in [2.45, 2.75) is 36.4 Å². The first-order chi connectivity index (χ1) is 8.36. The summed E-state index contributed by atoms with van der Waals surface area (Å²) in [6, 6.07) is 1.88. The predicted octanol–water partition coefficient (Wildman–Crippen LogP) is 2.82. The van der Waals surface area contributed by atoms with E-state index in [-0.39, 0.29) is 5.41 Å². The lowest BCUT2D eigenvalue weighted by Gasteiger charge is -2.17. The van der Waals surface area contributed by atoms with E-state index in [0.717, 1.165) is 20.6 Å². The molecule has 0 amide bonds. The van der Waals surface area contributed by atoms with Gasteiger partial charge in [-0.3, -0.25) is 0 Å². The highest BCUT2D eigenvalue weighted by Crippen LogP contribution is 2.28. The van der Waals surface area contributed by atoms with Gasteiger partial charge < -0.3 is 0 Å². The maximum Gasteiger partial charge on any atom is 0.192 e. The van der Waals surface area contributed by atoms with E-state index in [1.54, 1.807) is 4.68 Å². The van der Waals surface area contributed by atoms with Gasteiger partial charge in [-0.25, -0.2) is 19.6 Å². The Hall–Kier alpha value is -0.950. The molecular weight excluding hydrogens is 314 g/mol. The molecule has 0 saturated heterocycles. The second kappa shape index (κ2) is 4.97. The van der Waals surface area contributed by atoms with Gasteiger partial charge in [0.15, 0.2) is 5.16 Å².